The molecule has 94 valence electrons. The van der Waals surface area contributed by atoms with E-state index in [-0.39, 0.29) is 0 Å². The highest BCUT2D eigenvalue weighted by Crippen LogP contribution is 2.01. The maximum absolute atomic E-state index is 4.13. The van der Waals surface area contributed by atoms with Crippen molar-refractivity contribution in [1.29, 1.82) is 0 Å². The van der Waals surface area contributed by atoms with Gasteiger partial charge in [-0.2, -0.15) is 0 Å². The summed E-state index contributed by atoms with van der Waals surface area (Å²) in [6, 6.07) is 0. The molecule has 2 heterocycles. The zero-order valence-corrected chi connectivity index (χ0v) is 11.4. The van der Waals surface area contributed by atoms with Gasteiger partial charge >= 0.3 is 0 Å². The Kier molecular flexibility index (Phi) is 4.94. The molecule has 0 unspecified atom stereocenters. The van der Waals surface area contributed by atoms with E-state index in [9.17, 15) is 0 Å². The van der Waals surface area contributed by atoms with Gasteiger partial charge in [-0.1, -0.05) is 13.8 Å². The van der Waals surface area contributed by atoms with Gasteiger partial charge in [0.05, 0.1) is 0 Å². The summed E-state index contributed by atoms with van der Waals surface area (Å²) in [5.74, 6) is 2.86. The Balaban J connectivity index is 0.000000181. The van der Waals surface area contributed by atoms with Crippen LogP contribution in [0.4, 0.5) is 0 Å². The summed E-state index contributed by atoms with van der Waals surface area (Å²) in [7, 11) is 1.97. The molecule has 0 radical (unpaired) electrons. The maximum atomic E-state index is 4.13. The summed E-state index contributed by atoms with van der Waals surface area (Å²) >= 11 is 0. The molecular formula is C13H22N4. The molecule has 0 saturated heterocycles. The molecule has 2 rings (SSSR count). The number of rotatable bonds is 2. The van der Waals surface area contributed by atoms with Crippen molar-refractivity contribution in [3.05, 3.63) is 36.4 Å². The Morgan fingerprint density at radius 2 is 1.65 bits per heavy atom. The predicted molar refractivity (Wildman–Crippen MR) is 69.7 cm³/mol. The first-order valence-corrected chi connectivity index (χ1v) is 5.92. The molecule has 0 spiro atoms. The Labute approximate surface area is 103 Å². The molecule has 0 aliphatic carbocycles. The Morgan fingerprint density at radius 1 is 1.06 bits per heavy atom. The van der Waals surface area contributed by atoms with E-state index < -0.39 is 0 Å². The molecule has 0 fully saturated rings. The summed E-state index contributed by atoms with van der Waals surface area (Å²) in [6.45, 7) is 9.49. The lowest BCUT2D eigenvalue weighted by Crippen LogP contribution is -2.04. The fourth-order valence-corrected chi connectivity index (χ4v) is 1.43. The van der Waals surface area contributed by atoms with Crippen molar-refractivity contribution >= 4 is 0 Å². The van der Waals surface area contributed by atoms with Crippen molar-refractivity contribution in [3.8, 4) is 0 Å². The van der Waals surface area contributed by atoms with Gasteiger partial charge in [-0.05, 0) is 19.8 Å². The SMILES string of the molecule is Cc1nccn1C.Cc1nccn1CC(C)C. The molecule has 0 aromatic carbocycles. The summed E-state index contributed by atoms with van der Waals surface area (Å²) < 4.78 is 4.14. The maximum Gasteiger partial charge on any atom is 0.105 e. The van der Waals surface area contributed by atoms with E-state index in [1.54, 1.807) is 6.20 Å². The summed E-state index contributed by atoms with van der Waals surface area (Å²) in [5.41, 5.74) is 0. The predicted octanol–water partition coefficient (Wildman–Crippen LogP) is 2.58. The van der Waals surface area contributed by atoms with E-state index in [1.807, 2.05) is 44.1 Å². The fourth-order valence-electron chi connectivity index (χ4n) is 1.43. The van der Waals surface area contributed by atoms with Gasteiger partial charge < -0.3 is 9.13 Å². The second-order valence-corrected chi connectivity index (χ2v) is 4.61. The molecule has 0 N–H and O–H groups in total. The van der Waals surface area contributed by atoms with E-state index in [1.165, 1.54) is 0 Å². The molecule has 0 aliphatic heterocycles. The van der Waals surface area contributed by atoms with E-state index in [0.29, 0.717) is 5.92 Å². The number of hydrogen-bond acceptors (Lipinski definition) is 2. The molecule has 2 aromatic heterocycles. The van der Waals surface area contributed by atoms with Crippen LogP contribution in [0, 0.1) is 19.8 Å². The molecular weight excluding hydrogens is 212 g/mol. The quantitative estimate of drug-likeness (QED) is 0.800. The van der Waals surface area contributed by atoms with Gasteiger partial charge in [-0.25, -0.2) is 9.97 Å². The lowest BCUT2D eigenvalue weighted by molar-refractivity contribution is 0.514. The van der Waals surface area contributed by atoms with E-state index in [4.69, 9.17) is 0 Å². The first-order valence-electron chi connectivity index (χ1n) is 5.92. The Morgan fingerprint density at radius 3 is 1.94 bits per heavy atom. The smallest absolute Gasteiger partial charge is 0.105 e. The highest BCUT2D eigenvalue weighted by atomic mass is 15.1. The van der Waals surface area contributed by atoms with Gasteiger partial charge in [0.1, 0.15) is 11.6 Å². The molecule has 0 saturated carbocycles. The Hall–Kier alpha value is -1.58. The van der Waals surface area contributed by atoms with Crippen LogP contribution in [0.2, 0.25) is 0 Å². The van der Waals surface area contributed by atoms with Crippen molar-refractivity contribution in [2.24, 2.45) is 13.0 Å². The van der Waals surface area contributed by atoms with Crippen LogP contribution in [-0.2, 0) is 13.6 Å². The summed E-state index contributed by atoms with van der Waals surface area (Å²) in [6.07, 6.45) is 7.58. The molecule has 17 heavy (non-hydrogen) atoms. The second-order valence-electron chi connectivity index (χ2n) is 4.61. The van der Waals surface area contributed by atoms with Crippen LogP contribution in [0.3, 0.4) is 0 Å². The number of aromatic nitrogens is 4. The van der Waals surface area contributed by atoms with Crippen LogP contribution in [-0.4, -0.2) is 19.1 Å². The van der Waals surface area contributed by atoms with Crippen molar-refractivity contribution in [2.45, 2.75) is 34.2 Å². The minimum atomic E-state index is 0.702. The normalized spacial score (nSPS) is 10.2. The van der Waals surface area contributed by atoms with E-state index in [0.717, 1.165) is 18.2 Å². The van der Waals surface area contributed by atoms with Crippen LogP contribution in [0.1, 0.15) is 25.5 Å². The van der Waals surface area contributed by atoms with Gasteiger partial charge in [0.15, 0.2) is 0 Å². The first kappa shape index (κ1) is 13.5. The van der Waals surface area contributed by atoms with Gasteiger partial charge in [0.25, 0.3) is 0 Å². The zero-order chi connectivity index (χ0) is 12.8. The summed E-state index contributed by atoms with van der Waals surface area (Å²) in [4.78, 5) is 8.11. The van der Waals surface area contributed by atoms with Crippen molar-refractivity contribution in [2.75, 3.05) is 0 Å². The zero-order valence-electron chi connectivity index (χ0n) is 11.4. The third kappa shape index (κ3) is 4.43. The van der Waals surface area contributed by atoms with Crippen LogP contribution in [0.5, 0.6) is 0 Å². The van der Waals surface area contributed by atoms with Crippen molar-refractivity contribution < 1.29 is 0 Å². The molecule has 4 nitrogen and oxygen atoms in total. The van der Waals surface area contributed by atoms with E-state index >= 15 is 0 Å². The molecule has 0 aliphatic rings. The molecule has 2 aromatic rings. The fraction of sp³-hybridized carbons (Fsp3) is 0.538. The highest BCUT2D eigenvalue weighted by molar-refractivity contribution is 4.88. The molecule has 4 heteroatoms. The summed E-state index contributed by atoms with van der Waals surface area (Å²) in [5, 5.41) is 0. The third-order valence-corrected chi connectivity index (χ3v) is 2.55. The van der Waals surface area contributed by atoms with Crippen molar-refractivity contribution in [3.63, 3.8) is 0 Å². The van der Waals surface area contributed by atoms with Crippen LogP contribution >= 0.6 is 0 Å². The van der Waals surface area contributed by atoms with Gasteiger partial charge in [0.2, 0.25) is 0 Å². The molecule has 0 bridgehead atoms. The second kappa shape index (κ2) is 6.23. The van der Waals surface area contributed by atoms with Gasteiger partial charge in [0, 0.05) is 38.4 Å². The average molecular weight is 234 g/mol. The van der Waals surface area contributed by atoms with Crippen LogP contribution in [0.15, 0.2) is 24.8 Å². The van der Waals surface area contributed by atoms with Gasteiger partial charge in [-0.15, -0.1) is 0 Å². The van der Waals surface area contributed by atoms with Crippen LogP contribution in [0.25, 0.3) is 0 Å². The highest BCUT2D eigenvalue weighted by Gasteiger charge is 1.97. The minimum absolute atomic E-state index is 0.702. The van der Waals surface area contributed by atoms with Gasteiger partial charge in [-0.3, -0.25) is 0 Å². The topological polar surface area (TPSA) is 35.6 Å². The number of nitrogens with zero attached hydrogens (tertiary/aromatic N) is 4. The largest absolute Gasteiger partial charge is 0.338 e. The third-order valence-electron chi connectivity index (χ3n) is 2.55. The number of aryl methyl sites for hydroxylation is 3. The lowest BCUT2D eigenvalue weighted by Gasteiger charge is -2.06. The standard InChI is InChI=1S/C8H14N2.C5H8N2/c1-7(2)6-10-5-4-9-8(10)3;1-5-6-3-4-7(5)2/h4-5,7H,6H2,1-3H3;3-4H,1-2H3. The van der Waals surface area contributed by atoms with Crippen molar-refractivity contribution in [1.82, 2.24) is 19.1 Å². The number of imidazole rings is 2. The molecule has 0 amide bonds. The monoisotopic (exact) mass is 234 g/mol. The molecule has 0 atom stereocenters. The average Bonchev–Trinajstić information content (AvgIpc) is 2.79. The minimum Gasteiger partial charge on any atom is -0.338 e. The van der Waals surface area contributed by atoms with Crippen LogP contribution < -0.4 is 0 Å². The Bertz CT molecular complexity index is 423. The first-order chi connectivity index (χ1) is 8.00. The number of hydrogen-bond donors (Lipinski definition) is 0. The van der Waals surface area contributed by atoms with E-state index in [2.05, 4.69) is 28.4 Å². The lowest BCUT2D eigenvalue weighted by atomic mass is 10.2.